The van der Waals surface area contributed by atoms with Gasteiger partial charge in [0.2, 0.25) is 0 Å². The van der Waals surface area contributed by atoms with E-state index in [1.165, 1.54) is 0 Å². The van der Waals surface area contributed by atoms with Crippen LogP contribution in [0.3, 0.4) is 0 Å². The van der Waals surface area contributed by atoms with Crippen LogP contribution in [0.15, 0.2) is 30.3 Å². The molecular weight excluding hydrogens is 204 g/mol. The lowest BCUT2D eigenvalue weighted by molar-refractivity contribution is -0.131. The molecule has 0 bridgehead atoms. The molecule has 0 saturated heterocycles. The summed E-state index contributed by atoms with van der Waals surface area (Å²) in [7, 11) is 0. The molecule has 0 aliphatic carbocycles. The normalized spacial score (nSPS) is 12.1. The number of carbonyl (C=O) groups is 2. The Bertz CT molecular complexity index is 332. The highest BCUT2D eigenvalue weighted by atomic mass is 16.5. The van der Waals surface area contributed by atoms with Gasteiger partial charge in [-0.2, -0.15) is 0 Å². The number of hydrogen-bond donors (Lipinski definition) is 0. The molecule has 1 atom stereocenters. The van der Waals surface area contributed by atoms with Gasteiger partial charge in [0.25, 0.3) is 0 Å². The molecule has 0 saturated carbocycles. The predicted molar refractivity (Wildman–Crippen MR) is 61.0 cm³/mol. The van der Waals surface area contributed by atoms with Crippen LogP contribution in [0.2, 0.25) is 0 Å². The average molecular weight is 220 g/mol. The lowest BCUT2D eigenvalue weighted by Gasteiger charge is -2.07. The fourth-order valence-electron chi connectivity index (χ4n) is 1.35. The fourth-order valence-corrected chi connectivity index (χ4v) is 1.35. The molecule has 0 spiro atoms. The molecule has 0 fully saturated rings. The maximum absolute atomic E-state index is 11.4. The molecule has 3 nitrogen and oxygen atoms in total. The number of ether oxygens (including phenoxy) is 1. The van der Waals surface area contributed by atoms with E-state index in [0.717, 1.165) is 5.56 Å². The number of Topliss-reactive ketones (excluding diaryl/α,β-unsaturated/α-hetero) is 1. The van der Waals surface area contributed by atoms with E-state index >= 15 is 0 Å². The Kier molecular flexibility index (Phi) is 5.43. The lowest BCUT2D eigenvalue weighted by atomic mass is 10.0. The minimum atomic E-state index is -0.518. The van der Waals surface area contributed by atoms with Gasteiger partial charge in [-0.25, -0.2) is 0 Å². The maximum Gasteiger partial charge on any atom is 0.168 e. The van der Waals surface area contributed by atoms with E-state index in [0.29, 0.717) is 19.3 Å². The van der Waals surface area contributed by atoms with E-state index in [9.17, 15) is 9.59 Å². The third-order valence-electron chi connectivity index (χ3n) is 2.37. The van der Waals surface area contributed by atoms with Crippen molar-refractivity contribution in [3.63, 3.8) is 0 Å². The molecular formula is C13H16O3. The summed E-state index contributed by atoms with van der Waals surface area (Å²) in [6.45, 7) is 2.22. The molecule has 3 heteroatoms. The summed E-state index contributed by atoms with van der Waals surface area (Å²) in [5, 5.41) is 0. The highest BCUT2D eigenvalue weighted by Gasteiger charge is 2.14. The average Bonchev–Trinajstić information content (AvgIpc) is 2.32. The fraction of sp³-hybridized carbons (Fsp3) is 0.385. The molecule has 0 radical (unpaired) electrons. The molecule has 1 rings (SSSR count). The van der Waals surface area contributed by atoms with Gasteiger partial charge in [0.1, 0.15) is 12.9 Å². The standard InChI is InChI=1S/C13H16O3/c1-2-12(8-14)13(15)10-16-9-11-6-4-3-5-7-11/h3-8,12H,2,9-10H2,1H3. The summed E-state index contributed by atoms with van der Waals surface area (Å²) in [5.74, 6) is -0.663. The number of hydrogen-bond acceptors (Lipinski definition) is 3. The Morgan fingerprint density at radius 1 is 1.38 bits per heavy atom. The summed E-state index contributed by atoms with van der Waals surface area (Å²) >= 11 is 0. The van der Waals surface area contributed by atoms with Gasteiger partial charge in [-0.15, -0.1) is 0 Å². The summed E-state index contributed by atoms with van der Waals surface area (Å²) in [4.78, 5) is 22.0. The van der Waals surface area contributed by atoms with Gasteiger partial charge in [-0.05, 0) is 12.0 Å². The highest BCUT2D eigenvalue weighted by Crippen LogP contribution is 2.04. The smallest absolute Gasteiger partial charge is 0.168 e. The van der Waals surface area contributed by atoms with Gasteiger partial charge >= 0.3 is 0 Å². The molecule has 0 heterocycles. The van der Waals surface area contributed by atoms with Gasteiger partial charge in [0, 0.05) is 0 Å². The Morgan fingerprint density at radius 3 is 2.62 bits per heavy atom. The van der Waals surface area contributed by atoms with E-state index in [2.05, 4.69) is 0 Å². The second-order valence-corrected chi connectivity index (χ2v) is 3.60. The van der Waals surface area contributed by atoms with Crippen LogP contribution in [0.1, 0.15) is 18.9 Å². The van der Waals surface area contributed by atoms with Crippen molar-refractivity contribution in [1.82, 2.24) is 0 Å². The zero-order valence-corrected chi connectivity index (χ0v) is 9.39. The summed E-state index contributed by atoms with van der Waals surface area (Å²) in [5.41, 5.74) is 1.02. The topological polar surface area (TPSA) is 43.4 Å². The molecule has 0 aromatic heterocycles. The van der Waals surface area contributed by atoms with Gasteiger partial charge in [-0.3, -0.25) is 4.79 Å². The van der Waals surface area contributed by atoms with Gasteiger partial charge in [-0.1, -0.05) is 37.3 Å². The van der Waals surface area contributed by atoms with Crippen molar-refractivity contribution in [2.24, 2.45) is 5.92 Å². The van der Waals surface area contributed by atoms with Gasteiger partial charge in [0.05, 0.1) is 12.5 Å². The van der Waals surface area contributed by atoms with Crippen LogP contribution in [0.4, 0.5) is 0 Å². The van der Waals surface area contributed by atoms with Crippen LogP contribution in [0, 0.1) is 5.92 Å². The summed E-state index contributed by atoms with van der Waals surface area (Å²) in [6.07, 6.45) is 1.23. The molecule has 0 amide bonds. The van der Waals surface area contributed by atoms with Crippen molar-refractivity contribution in [1.29, 1.82) is 0 Å². The second kappa shape index (κ2) is 6.90. The zero-order chi connectivity index (χ0) is 11.8. The molecule has 0 aliphatic rings. The third-order valence-corrected chi connectivity index (χ3v) is 2.37. The first-order valence-corrected chi connectivity index (χ1v) is 5.37. The minimum Gasteiger partial charge on any atom is -0.369 e. The van der Waals surface area contributed by atoms with Crippen molar-refractivity contribution >= 4 is 12.1 Å². The van der Waals surface area contributed by atoms with E-state index in [-0.39, 0.29) is 12.4 Å². The molecule has 1 unspecified atom stereocenters. The molecule has 86 valence electrons. The van der Waals surface area contributed by atoms with Crippen molar-refractivity contribution in [3.8, 4) is 0 Å². The van der Waals surface area contributed by atoms with Gasteiger partial charge in [0.15, 0.2) is 5.78 Å². The van der Waals surface area contributed by atoms with Crippen LogP contribution in [0.25, 0.3) is 0 Å². The molecule has 0 N–H and O–H groups in total. The van der Waals surface area contributed by atoms with Crippen LogP contribution < -0.4 is 0 Å². The van der Waals surface area contributed by atoms with Crippen molar-refractivity contribution < 1.29 is 14.3 Å². The minimum absolute atomic E-state index is 0.00609. The van der Waals surface area contributed by atoms with Crippen LogP contribution in [-0.2, 0) is 20.9 Å². The molecule has 0 aliphatic heterocycles. The largest absolute Gasteiger partial charge is 0.369 e. The quantitative estimate of drug-likeness (QED) is 0.521. The lowest BCUT2D eigenvalue weighted by Crippen LogP contribution is -2.20. The van der Waals surface area contributed by atoms with E-state index in [4.69, 9.17) is 4.74 Å². The molecule has 1 aromatic rings. The number of aldehydes is 1. The number of benzene rings is 1. The van der Waals surface area contributed by atoms with Gasteiger partial charge < -0.3 is 9.53 Å². The zero-order valence-electron chi connectivity index (χ0n) is 9.39. The highest BCUT2D eigenvalue weighted by molar-refractivity contribution is 5.93. The number of carbonyl (C=O) groups excluding carboxylic acids is 2. The Morgan fingerprint density at radius 2 is 2.06 bits per heavy atom. The summed E-state index contributed by atoms with van der Waals surface area (Å²) < 4.78 is 5.26. The first-order chi connectivity index (χ1) is 7.77. The number of ketones is 1. The Labute approximate surface area is 95.4 Å². The first-order valence-electron chi connectivity index (χ1n) is 5.37. The van der Waals surface area contributed by atoms with E-state index in [1.807, 2.05) is 37.3 Å². The Balaban J connectivity index is 2.30. The number of rotatable bonds is 7. The van der Waals surface area contributed by atoms with Crippen LogP contribution in [0.5, 0.6) is 0 Å². The van der Waals surface area contributed by atoms with E-state index in [1.54, 1.807) is 0 Å². The summed E-state index contributed by atoms with van der Waals surface area (Å²) in [6, 6.07) is 9.62. The maximum atomic E-state index is 11.4. The second-order valence-electron chi connectivity index (χ2n) is 3.60. The molecule has 16 heavy (non-hydrogen) atoms. The first kappa shape index (κ1) is 12.6. The van der Waals surface area contributed by atoms with Crippen molar-refractivity contribution in [2.45, 2.75) is 20.0 Å². The SMILES string of the molecule is CCC(C=O)C(=O)COCc1ccccc1. The third kappa shape index (κ3) is 3.95. The monoisotopic (exact) mass is 220 g/mol. The Hall–Kier alpha value is -1.48. The van der Waals surface area contributed by atoms with Crippen LogP contribution in [-0.4, -0.2) is 18.7 Å². The van der Waals surface area contributed by atoms with E-state index < -0.39 is 5.92 Å². The van der Waals surface area contributed by atoms with Crippen molar-refractivity contribution in [2.75, 3.05) is 6.61 Å². The molecule has 1 aromatic carbocycles. The van der Waals surface area contributed by atoms with Crippen molar-refractivity contribution in [3.05, 3.63) is 35.9 Å². The van der Waals surface area contributed by atoms with Crippen LogP contribution >= 0.6 is 0 Å². The predicted octanol–water partition coefficient (Wildman–Crippen LogP) is 2.00.